The standard InChI is InChI=1S/C15H12N2O.ClH/c1-11(18)12-5-4-6-13(9-12)17-10-16-14-7-2-3-8-15(14)17;/h2-10H,1H3;1H. The first-order valence-corrected chi connectivity index (χ1v) is 5.85. The maximum absolute atomic E-state index is 11.4. The summed E-state index contributed by atoms with van der Waals surface area (Å²) in [6.07, 6.45) is 1.91. The van der Waals surface area contributed by atoms with Gasteiger partial charge in [0.05, 0.1) is 0 Å². The Kier molecular flexibility index (Phi) is 3.67. The molecule has 0 aliphatic heterocycles. The van der Waals surface area contributed by atoms with Crippen LogP contribution in [0.25, 0.3) is 16.7 Å². The van der Waals surface area contributed by atoms with E-state index in [9.17, 15) is 4.79 Å². The summed E-state index contributed by atoms with van der Waals surface area (Å²) in [7, 11) is 0. The summed E-state index contributed by atoms with van der Waals surface area (Å²) in [5.41, 5.74) is 3.88. The molecule has 19 heavy (non-hydrogen) atoms. The minimum absolute atomic E-state index is 0. The number of H-pyrrole nitrogens is 1. The van der Waals surface area contributed by atoms with Crippen molar-refractivity contribution in [3.05, 3.63) is 60.4 Å². The van der Waals surface area contributed by atoms with E-state index in [4.69, 9.17) is 0 Å². The van der Waals surface area contributed by atoms with Gasteiger partial charge in [-0.25, -0.2) is 4.98 Å². The summed E-state index contributed by atoms with van der Waals surface area (Å²) in [4.78, 5) is 14.6. The second-order valence-electron chi connectivity index (χ2n) is 4.27. The molecule has 2 aromatic carbocycles. The topological polar surface area (TPSA) is 36.7 Å². The van der Waals surface area contributed by atoms with E-state index in [0.717, 1.165) is 22.3 Å². The fourth-order valence-electron chi connectivity index (χ4n) is 2.10. The minimum Gasteiger partial charge on any atom is -1.00 e. The second-order valence-corrected chi connectivity index (χ2v) is 4.27. The van der Waals surface area contributed by atoms with E-state index in [2.05, 4.69) is 4.98 Å². The van der Waals surface area contributed by atoms with Crippen LogP contribution < -0.4 is 17.0 Å². The molecular weight excluding hydrogens is 260 g/mol. The number of carbonyl (C=O) groups is 1. The minimum atomic E-state index is 0. The number of carbonyl (C=O) groups excluding carboxylic acids is 1. The lowest BCUT2D eigenvalue weighted by Gasteiger charge is -1.99. The van der Waals surface area contributed by atoms with Crippen molar-refractivity contribution >= 4 is 16.8 Å². The molecule has 1 N–H and O–H groups in total. The summed E-state index contributed by atoms with van der Waals surface area (Å²) >= 11 is 0. The number of imidazole rings is 1. The molecule has 0 saturated heterocycles. The highest BCUT2D eigenvalue weighted by atomic mass is 35.5. The van der Waals surface area contributed by atoms with E-state index < -0.39 is 0 Å². The molecule has 3 nitrogen and oxygen atoms in total. The number of aromatic amines is 1. The van der Waals surface area contributed by atoms with Crippen LogP contribution in [0.5, 0.6) is 0 Å². The zero-order valence-corrected chi connectivity index (χ0v) is 11.2. The number of rotatable bonds is 2. The van der Waals surface area contributed by atoms with Gasteiger partial charge in [-0.05, 0) is 31.2 Å². The Hall–Kier alpha value is -2.13. The van der Waals surface area contributed by atoms with Crippen molar-refractivity contribution in [1.29, 1.82) is 0 Å². The molecule has 0 saturated carbocycles. The van der Waals surface area contributed by atoms with Gasteiger partial charge in [-0.1, -0.05) is 24.3 Å². The number of halogens is 1. The highest BCUT2D eigenvalue weighted by Crippen LogP contribution is 2.11. The van der Waals surface area contributed by atoms with Crippen LogP contribution in [-0.4, -0.2) is 10.8 Å². The molecule has 3 rings (SSSR count). The highest BCUT2D eigenvalue weighted by Gasteiger charge is 2.11. The van der Waals surface area contributed by atoms with Crippen LogP contribution in [0, 0.1) is 0 Å². The first-order chi connectivity index (χ1) is 8.75. The van der Waals surface area contributed by atoms with E-state index >= 15 is 0 Å². The third-order valence-corrected chi connectivity index (χ3v) is 3.04. The monoisotopic (exact) mass is 272 g/mol. The van der Waals surface area contributed by atoms with Gasteiger partial charge in [-0.2, -0.15) is 4.57 Å². The number of fused-ring (bicyclic) bond motifs is 1. The number of hydrogen-bond donors (Lipinski definition) is 1. The predicted octanol–water partition coefficient (Wildman–Crippen LogP) is -0.349. The van der Waals surface area contributed by atoms with Crippen molar-refractivity contribution in [1.82, 2.24) is 4.98 Å². The van der Waals surface area contributed by atoms with E-state index in [-0.39, 0.29) is 18.2 Å². The van der Waals surface area contributed by atoms with E-state index in [1.54, 1.807) is 6.92 Å². The van der Waals surface area contributed by atoms with Gasteiger partial charge >= 0.3 is 0 Å². The lowest BCUT2D eigenvalue weighted by molar-refractivity contribution is -0.567. The lowest BCUT2D eigenvalue weighted by atomic mass is 10.1. The van der Waals surface area contributed by atoms with E-state index in [1.807, 2.05) is 59.4 Å². The largest absolute Gasteiger partial charge is 1.00 e. The molecular formula is C15H13ClN2O. The summed E-state index contributed by atoms with van der Waals surface area (Å²) in [6.45, 7) is 1.58. The Labute approximate surface area is 117 Å². The van der Waals surface area contributed by atoms with Crippen LogP contribution >= 0.6 is 0 Å². The van der Waals surface area contributed by atoms with Crippen LogP contribution in [0.1, 0.15) is 17.3 Å². The molecule has 4 heteroatoms. The Bertz CT molecular complexity index is 734. The Morgan fingerprint density at radius 2 is 1.89 bits per heavy atom. The number of ketones is 1. The van der Waals surface area contributed by atoms with Crippen LogP contribution in [0.2, 0.25) is 0 Å². The predicted molar refractivity (Wildman–Crippen MR) is 69.8 cm³/mol. The average Bonchev–Trinajstić information content (AvgIpc) is 2.82. The van der Waals surface area contributed by atoms with Gasteiger partial charge in [-0.3, -0.25) is 4.79 Å². The molecule has 0 bridgehead atoms. The quantitative estimate of drug-likeness (QED) is 0.503. The van der Waals surface area contributed by atoms with Crippen LogP contribution in [-0.2, 0) is 0 Å². The number of hydrogen-bond acceptors (Lipinski definition) is 1. The number of nitrogens with zero attached hydrogens (tertiary/aromatic N) is 1. The first kappa shape index (κ1) is 13.3. The van der Waals surface area contributed by atoms with Gasteiger partial charge < -0.3 is 12.4 Å². The van der Waals surface area contributed by atoms with Gasteiger partial charge in [-0.15, -0.1) is 0 Å². The van der Waals surface area contributed by atoms with Gasteiger partial charge in [0.2, 0.25) is 6.33 Å². The van der Waals surface area contributed by atoms with Crippen molar-refractivity contribution in [2.45, 2.75) is 6.92 Å². The van der Waals surface area contributed by atoms with Gasteiger partial charge in [0.25, 0.3) is 0 Å². The zero-order valence-electron chi connectivity index (χ0n) is 10.4. The molecule has 0 amide bonds. The zero-order chi connectivity index (χ0) is 12.5. The number of Topliss-reactive ketones (excluding diaryl/α,β-unsaturated/α-hetero) is 1. The maximum Gasteiger partial charge on any atom is 0.247 e. The van der Waals surface area contributed by atoms with Crippen molar-refractivity contribution in [2.75, 3.05) is 0 Å². The summed E-state index contributed by atoms with van der Waals surface area (Å²) < 4.78 is 2.04. The van der Waals surface area contributed by atoms with Crippen LogP contribution in [0.4, 0.5) is 0 Å². The Balaban J connectivity index is 0.00000133. The molecule has 0 radical (unpaired) electrons. The number of nitrogens with one attached hydrogen (secondary N) is 1. The van der Waals surface area contributed by atoms with E-state index in [0.29, 0.717) is 0 Å². The van der Waals surface area contributed by atoms with Gasteiger partial charge in [0.15, 0.2) is 16.8 Å². The molecule has 0 aliphatic carbocycles. The molecule has 0 unspecified atom stereocenters. The van der Waals surface area contributed by atoms with Crippen molar-refractivity contribution in [2.24, 2.45) is 0 Å². The fraction of sp³-hybridized carbons (Fsp3) is 0.0667. The van der Waals surface area contributed by atoms with Crippen LogP contribution in [0.15, 0.2) is 54.9 Å². The molecule has 0 atom stereocenters. The van der Waals surface area contributed by atoms with E-state index in [1.165, 1.54) is 0 Å². The summed E-state index contributed by atoms with van der Waals surface area (Å²) in [5.74, 6) is 0.0808. The molecule has 3 aromatic rings. The smallest absolute Gasteiger partial charge is 0.247 e. The number of benzene rings is 2. The third-order valence-electron chi connectivity index (χ3n) is 3.04. The molecule has 1 aromatic heterocycles. The first-order valence-electron chi connectivity index (χ1n) is 5.85. The molecule has 96 valence electrons. The van der Waals surface area contributed by atoms with Gasteiger partial charge in [0, 0.05) is 5.56 Å². The third kappa shape index (κ3) is 2.37. The average molecular weight is 273 g/mol. The highest BCUT2D eigenvalue weighted by molar-refractivity contribution is 5.94. The molecule has 0 fully saturated rings. The van der Waals surface area contributed by atoms with Crippen molar-refractivity contribution in [3.8, 4) is 5.69 Å². The van der Waals surface area contributed by atoms with Crippen molar-refractivity contribution in [3.63, 3.8) is 0 Å². The number of para-hydroxylation sites is 2. The lowest BCUT2D eigenvalue weighted by Crippen LogP contribution is -3.00. The molecule has 0 aliphatic rings. The molecule has 0 spiro atoms. The number of aromatic nitrogens is 2. The SMILES string of the molecule is CC(=O)c1cccc(-[n+]2c[nH]c3ccccc32)c1.[Cl-]. The summed E-state index contributed by atoms with van der Waals surface area (Å²) in [6, 6.07) is 15.7. The van der Waals surface area contributed by atoms with Crippen LogP contribution in [0.3, 0.4) is 0 Å². The summed E-state index contributed by atoms with van der Waals surface area (Å²) in [5, 5.41) is 0. The van der Waals surface area contributed by atoms with Crippen molar-refractivity contribution < 1.29 is 21.8 Å². The van der Waals surface area contributed by atoms with Gasteiger partial charge in [0.1, 0.15) is 5.69 Å². The fourth-order valence-corrected chi connectivity index (χ4v) is 2.10. The second kappa shape index (κ2) is 5.24. The maximum atomic E-state index is 11.4. The Morgan fingerprint density at radius 1 is 1.11 bits per heavy atom. The molecule has 1 heterocycles. The Morgan fingerprint density at radius 3 is 2.68 bits per heavy atom. The normalized spacial score (nSPS) is 10.2.